The summed E-state index contributed by atoms with van der Waals surface area (Å²) in [5.74, 6) is 7.37. The number of aliphatic hydroxyl groups is 1. The van der Waals surface area contributed by atoms with Gasteiger partial charge in [0.2, 0.25) is 0 Å². The Bertz CT molecular complexity index is 1210. The second-order valence-corrected chi connectivity index (χ2v) is 14.4. The van der Waals surface area contributed by atoms with E-state index < -0.39 is 6.23 Å². The van der Waals surface area contributed by atoms with E-state index in [1.165, 1.54) is 45.4 Å². The average molecular weight is 580 g/mol. The van der Waals surface area contributed by atoms with Crippen LogP contribution in [0.15, 0.2) is 30.5 Å². The topological polar surface area (TPSA) is 92.6 Å². The standard InChI is InChI=1S/C33H46ClN5O2/c1-22(18-37-29-31(2,3)30(32(29,4)5)41-26-12-9-24(17-35)27(34)16-26)38-28(40)13-8-23-6-10-25(11-7-23)39-20-33(21-39)14-15-36-19-33/h9,12,16,23,25,28-30,36-38,40H,1,6-7,10-11,14-15,18-21H2,2-5H3/t23?,25?,28?,29-,30-. The van der Waals surface area contributed by atoms with Crippen LogP contribution in [0.3, 0.4) is 0 Å². The lowest BCUT2D eigenvalue weighted by Gasteiger charge is -2.63. The molecule has 1 spiro atoms. The van der Waals surface area contributed by atoms with Crippen LogP contribution in [0.5, 0.6) is 5.75 Å². The maximum absolute atomic E-state index is 10.5. The molecule has 0 aromatic heterocycles. The van der Waals surface area contributed by atoms with Crippen molar-refractivity contribution in [2.75, 3.05) is 32.7 Å². The molecule has 5 rings (SSSR count). The Balaban J connectivity index is 1.04. The molecule has 4 fully saturated rings. The Morgan fingerprint density at radius 1 is 1.22 bits per heavy atom. The lowest BCUT2D eigenvalue weighted by molar-refractivity contribution is -0.167. The van der Waals surface area contributed by atoms with Gasteiger partial charge in [0.25, 0.3) is 0 Å². The van der Waals surface area contributed by atoms with E-state index in [-0.39, 0.29) is 23.0 Å². The van der Waals surface area contributed by atoms with Crippen molar-refractivity contribution in [1.29, 1.82) is 5.26 Å². The number of rotatable bonds is 8. The third-order valence-corrected chi connectivity index (χ3v) is 10.4. The molecule has 0 amide bonds. The Labute approximate surface area is 251 Å². The van der Waals surface area contributed by atoms with Gasteiger partial charge in [-0.2, -0.15) is 5.26 Å². The second kappa shape index (κ2) is 11.8. The van der Waals surface area contributed by atoms with E-state index in [0.29, 0.717) is 46.0 Å². The molecule has 8 heteroatoms. The normalized spacial score (nSPS) is 30.2. The van der Waals surface area contributed by atoms with Crippen LogP contribution >= 0.6 is 11.6 Å². The SMILES string of the molecule is C=C(CN[C@H]1C(C)(C)[C@H](Oc2ccc(C#N)c(Cl)c2)C1(C)C)NC(O)C#CC1CCC(N2CC3(CCNC3)C2)CC1. The zero-order valence-electron chi connectivity index (χ0n) is 25.0. The summed E-state index contributed by atoms with van der Waals surface area (Å²) >= 11 is 6.22. The summed E-state index contributed by atoms with van der Waals surface area (Å²) in [6.45, 7) is 18.3. The molecule has 2 saturated heterocycles. The number of hydrogen-bond donors (Lipinski definition) is 4. The molecular formula is C33H46ClN5O2. The molecule has 2 saturated carbocycles. The highest BCUT2D eigenvalue weighted by Gasteiger charge is 2.63. The van der Waals surface area contributed by atoms with Crippen LogP contribution in [0.1, 0.15) is 65.4 Å². The number of nitriles is 1. The number of nitrogens with one attached hydrogen (secondary N) is 3. The van der Waals surface area contributed by atoms with Gasteiger partial charge in [-0.25, -0.2) is 0 Å². The molecule has 4 aliphatic rings. The Morgan fingerprint density at radius 3 is 2.54 bits per heavy atom. The number of halogens is 1. The Kier molecular flexibility index (Phi) is 8.68. The minimum atomic E-state index is -0.924. The Morgan fingerprint density at radius 2 is 1.93 bits per heavy atom. The number of nitrogens with zero attached hydrogens (tertiary/aromatic N) is 2. The van der Waals surface area contributed by atoms with E-state index in [9.17, 15) is 5.11 Å². The molecule has 0 radical (unpaired) electrons. The fourth-order valence-corrected chi connectivity index (χ4v) is 8.39. The molecule has 7 nitrogen and oxygen atoms in total. The van der Waals surface area contributed by atoms with Crippen LogP contribution < -0.4 is 20.7 Å². The largest absolute Gasteiger partial charge is 0.489 e. The molecule has 2 aliphatic carbocycles. The molecule has 2 aliphatic heterocycles. The third kappa shape index (κ3) is 6.26. The van der Waals surface area contributed by atoms with Gasteiger partial charge in [-0.05, 0) is 56.7 Å². The summed E-state index contributed by atoms with van der Waals surface area (Å²) in [6.07, 6.45) is 4.99. The lowest BCUT2D eigenvalue weighted by Crippen LogP contribution is -2.74. The summed E-state index contributed by atoms with van der Waals surface area (Å²) in [7, 11) is 0. The highest BCUT2D eigenvalue weighted by atomic mass is 35.5. The van der Waals surface area contributed by atoms with Gasteiger partial charge < -0.3 is 25.8 Å². The first-order chi connectivity index (χ1) is 19.4. The van der Waals surface area contributed by atoms with E-state index in [1.807, 2.05) is 0 Å². The minimum absolute atomic E-state index is 0.0498. The molecule has 1 atom stereocenters. The first-order valence-corrected chi connectivity index (χ1v) is 15.5. The van der Waals surface area contributed by atoms with Crippen molar-refractivity contribution >= 4 is 11.6 Å². The fourth-order valence-electron chi connectivity index (χ4n) is 8.18. The maximum atomic E-state index is 10.5. The molecule has 1 unspecified atom stereocenters. The number of ether oxygens (including phenoxy) is 1. The summed E-state index contributed by atoms with van der Waals surface area (Å²) < 4.78 is 6.37. The Hall–Kier alpha value is -2.26. The van der Waals surface area contributed by atoms with Gasteiger partial charge in [0.05, 0.1) is 10.6 Å². The van der Waals surface area contributed by atoms with Gasteiger partial charge in [-0.1, -0.05) is 51.8 Å². The van der Waals surface area contributed by atoms with Gasteiger partial charge in [-0.3, -0.25) is 4.90 Å². The number of likely N-dealkylation sites (tertiary alicyclic amines) is 1. The van der Waals surface area contributed by atoms with Crippen LogP contribution in [0, 0.1) is 45.3 Å². The third-order valence-electron chi connectivity index (χ3n) is 10.1. The van der Waals surface area contributed by atoms with Crippen molar-refractivity contribution in [3.05, 3.63) is 41.1 Å². The quantitative estimate of drug-likeness (QED) is 0.270. The van der Waals surface area contributed by atoms with Crippen LogP contribution in [0.25, 0.3) is 0 Å². The molecule has 0 bridgehead atoms. The van der Waals surface area contributed by atoms with Gasteiger partial charge in [-0.15, -0.1) is 0 Å². The molecule has 2 heterocycles. The minimum Gasteiger partial charge on any atom is -0.489 e. The van der Waals surface area contributed by atoms with Crippen LogP contribution in [-0.2, 0) is 0 Å². The monoisotopic (exact) mass is 579 g/mol. The van der Waals surface area contributed by atoms with Gasteiger partial charge in [0, 0.05) is 72.2 Å². The van der Waals surface area contributed by atoms with Crippen LogP contribution in [0.4, 0.5) is 0 Å². The predicted molar refractivity (Wildman–Crippen MR) is 163 cm³/mol. The van der Waals surface area contributed by atoms with Gasteiger partial charge in [0.1, 0.15) is 17.9 Å². The van der Waals surface area contributed by atoms with Crippen molar-refractivity contribution < 1.29 is 9.84 Å². The van der Waals surface area contributed by atoms with E-state index >= 15 is 0 Å². The zero-order chi connectivity index (χ0) is 29.4. The molecular weight excluding hydrogens is 534 g/mol. The van der Waals surface area contributed by atoms with E-state index in [4.69, 9.17) is 21.6 Å². The predicted octanol–water partition coefficient (Wildman–Crippen LogP) is 4.26. The smallest absolute Gasteiger partial charge is 0.188 e. The summed E-state index contributed by atoms with van der Waals surface area (Å²) in [4.78, 5) is 2.69. The summed E-state index contributed by atoms with van der Waals surface area (Å²) in [5, 5.41) is 30.3. The fraction of sp³-hybridized carbons (Fsp3) is 0.667. The molecule has 1 aromatic rings. The van der Waals surface area contributed by atoms with E-state index in [1.54, 1.807) is 18.2 Å². The molecule has 222 valence electrons. The van der Waals surface area contributed by atoms with Gasteiger partial charge in [0.15, 0.2) is 6.23 Å². The van der Waals surface area contributed by atoms with Crippen molar-refractivity contribution in [3.8, 4) is 23.7 Å². The number of aliphatic hydroxyl groups excluding tert-OH is 1. The molecule has 41 heavy (non-hydrogen) atoms. The second-order valence-electron chi connectivity index (χ2n) is 14.0. The zero-order valence-corrected chi connectivity index (χ0v) is 25.8. The maximum Gasteiger partial charge on any atom is 0.188 e. The molecule has 1 aromatic carbocycles. The number of hydrogen-bond acceptors (Lipinski definition) is 7. The highest BCUT2D eigenvalue weighted by Crippen LogP contribution is 2.55. The van der Waals surface area contributed by atoms with Crippen LogP contribution in [0.2, 0.25) is 5.02 Å². The number of benzene rings is 1. The van der Waals surface area contributed by atoms with Crippen molar-refractivity contribution in [1.82, 2.24) is 20.9 Å². The average Bonchev–Trinajstić information content (AvgIpc) is 3.40. The van der Waals surface area contributed by atoms with E-state index in [2.05, 4.69) is 73.0 Å². The highest BCUT2D eigenvalue weighted by molar-refractivity contribution is 6.31. The van der Waals surface area contributed by atoms with Crippen molar-refractivity contribution in [2.45, 2.75) is 84.2 Å². The summed E-state index contributed by atoms with van der Waals surface area (Å²) in [5.41, 5.74) is 1.38. The molecule has 4 N–H and O–H groups in total. The van der Waals surface area contributed by atoms with Crippen molar-refractivity contribution in [3.63, 3.8) is 0 Å². The van der Waals surface area contributed by atoms with Crippen LogP contribution in [-0.4, -0.2) is 67.1 Å². The van der Waals surface area contributed by atoms with Crippen molar-refractivity contribution in [2.24, 2.45) is 22.2 Å². The first-order valence-electron chi connectivity index (χ1n) is 15.1. The lowest BCUT2D eigenvalue weighted by atomic mass is 9.49. The van der Waals surface area contributed by atoms with Gasteiger partial charge >= 0.3 is 0 Å². The summed E-state index contributed by atoms with van der Waals surface area (Å²) in [6, 6.07) is 8.16. The van der Waals surface area contributed by atoms with E-state index in [0.717, 1.165) is 12.8 Å². The first kappa shape index (κ1) is 30.2.